The van der Waals surface area contributed by atoms with Gasteiger partial charge in [0.05, 0.1) is 11.8 Å². The minimum absolute atomic E-state index is 0.0816. The topological polar surface area (TPSA) is 57.6 Å². The molecule has 1 aliphatic rings. The summed E-state index contributed by atoms with van der Waals surface area (Å²) in [6.07, 6.45) is 6.39. The largest absolute Gasteiger partial charge is 0.481 e. The smallest absolute Gasteiger partial charge is 0.307 e. The van der Waals surface area contributed by atoms with Crippen LogP contribution >= 0.6 is 0 Å². The van der Waals surface area contributed by atoms with Gasteiger partial charge < -0.3 is 10.0 Å². The van der Waals surface area contributed by atoms with Gasteiger partial charge in [-0.1, -0.05) is 25.0 Å². The fourth-order valence-electron chi connectivity index (χ4n) is 2.52. The number of carboxylic acid groups (broad SMARTS) is 1. The second kappa shape index (κ2) is 6.99. The van der Waals surface area contributed by atoms with E-state index in [1.54, 1.807) is 17.1 Å². The summed E-state index contributed by atoms with van der Waals surface area (Å²) in [6.45, 7) is 8.12. The van der Waals surface area contributed by atoms with Crippen LogP contribution in [0.2, 0.25) is 0 Å². The van der Waals surface area contributed by atoms with Gasteiger partial charge in [-0.3, -0.25) is 9.59 Å². The van der Waals surface area contributed by atoms with Crippen molar-refractivity contribution in [2.45, 2.75) is 25.7 Å². The van der Waals surface area contributed by atoms with E-state index in [0.717, 1.165) is 12.8 Å². The van der Waals surface area contributed by atoms with E-state index in [4.69, 9.17) is 0 Å². The lowest BCUT2D eigenvalue weighted by Crippen LogP contribution is -2.42. The molecule has 1 amide bonds. The molecule has 18 heavy (non-hydrogen) atoms. The lowest BCUT2D eigenvalue weighted by atomic mass is 9.78. The van der Waals surface area contributed by atoms with E-state index in [1.807, 2.05) is 0 Å². The lowest BCUT2D eigenvalue weighted by molar-refractivity contribution is -0.151. The molecule has 0 radical (unpaired) electrons. The van der Waals surface area contributed by atoms with Gasteiger partial charge in [-0.05, 0) is 12.8 Å². The van der Waals surface area contributed by atoms with E-state index in [2.05, 4.69) is 13.2 Å². The molecule has 1 N–H and O–H groups in total. The molecule has 0 aromatic rings. The number of hydrogen-bond donors (Lipinski definition) is 1. The van der Waals surface area contributed by atoms with Gasteiger partial charge in [0.25, 0.3) is 0 Å². The number of rotatable bonds is 6. The summed E-state index contributed by atoms with van der Waals surface area (Å²) >= 11 is 0. The molecule has 1 saturated carbocycles. The van der Waals surface area contributed by atoms with E-state index < -0.39 is 17.8 Å². The molecule has 2 unspecified atom stereocenters. The van der Waals surface area contributed by atoms with Crippen LogP contribution in [0, 0.1) is 11.8 Å². The number of aliphatic carboxylic acids is 1. The first-order valence-electron chi connectivity index (χ1n) is 6.35. The molecule has 0 bridgehead atoms. The Balaban J connectivity index is 2.79. The van der Waals surface area contributed by atoms with Crippen LogP contribution in [0.1, 0.15) is 25.7 Å². The average Bonchev–Trinajstić information content (AvgIpc) is 2.37. The zero-order valence-electron chi connectivity index (χ0n) is 10.7. The maximum Gasteiger partial charge on any atom is 0.307 e. The third-order valence-corrected chi connectivity index (χ3v) is 3.41. The average molecular weight is 251 g/mol. The number of carboxylic acids is 1. The van der Waals surface area contributed by atoms with Crippen LogP contribution < -0.4 is 0 Å². The fraction of sp³-hybridized carbons (Fsp3) is 0.571. The Kier molecular flexibility index (Phi) is 5.62. The van der Waals surface area contributed by atoms with E-state index in [1.165, 1.54) is 0 Å². The molecular formula is C14H21NO3. The van der Waals surface area contributed by atoms with Crippen LogP contribution in [0.15, 0.2) is 25.3 Å². The summed E-state index contributed by atoms with van der Waals surface area (Å²) in [6, 6.07) is 0. The number of carbonyl (C=O) groups is 2. The summed E-state index contributed by atoms with van der Waals surface area (Å²) in [5.74, 6) is -1.87. The van der Waals surface area contributed by atoms with Crippen molar-refractivity contribution in [2.24, 2.45) is 11.8 Å². The van der Waals surface area contributed by atoms with Crippen molar-refractivity contribution >= 4 is 11.9 Å². The Hall–Kier alpha value is -1.58. The van der Waals surface area contributed by atoms with Crippen LogP contribution in [0.4, 0.5) is 0 Å². The van der Waals surface area contributed by atoms with Crippen molar-refractivity contribution in [1.29, 1.82) is 0 Å². The van der Waals surface area contributed by atoms with Gasteiger partial charge in [0.15, 0.2) is 0 Å². The Morgan fingerprint density at radius 2 is 1.61 bits per heavy atom. The predicted octanol–water partition coefficient (Wildman–Crippen LogP) is 2.08. The maximum atomic E-state index is 12.4. The molecule has 0 spiro atoms. The van der Waals surface area contributed by atoms with Gasteiger partial charge in [0.2, 0.25) is 5.91 Å². The molecule has 2 atom stereocenters. The Morgan fingerprint density at radius 3 is 2.06 bits per heavy atom. The summed E-state index contributed by atoms with van der Waals surface area (Å²) in [7, 11) is 0. The van der Waals surface area contributed by atoms with Crippen molar-refractivity contribution < 1.29 is 14.7 Å². The van der Waals surface area contributed by atoms with Gasteiger partial charge in [0.1, 0.15) is 0 Å². The van der Waals surface area contributed by atoms with Gasteiger partial charge in [-0.15, -0.1) is 13.2 Å². The monoisotopic (exact) mass is 251 g/mol. The van der Waals surface area contributed by atoms with Crippen molar-refractivity contribution in [3.05, 3.63) is 25.3 Å². The first kappa shape index (κ1) is 14.5. The van der Waals surface area contributed by atoms with E-state index in [0.29, 0.717) is 25.9 Å². The van der Waals surface area contributed by atoms with Crippen LogP contribution in [-0.2, 0) is 9.59 Å². The van der Waals surface area contributed by atoms with Crippen molar-refractivity contribution in [2.75, 3.05) is 13.1 Å². The van der Waals surface area contributed by atoms with Crippen molar-refractivity contribution in [3.8, 4) is 0 Å². The Bertz CT molecular complexity index is 328. The van der Waals surface area contributed by atoms with Crippen LogP contribution in [-0.4, -0.2) is 35.0 Å². The molecule has 1 fully saturated rings. The molecule has 1 aliphatic carbocycles. The van der Waals surface area contributed by atoms with Crippen LogP contribution in [0.5, 0.6) is 0 Å². The fourth-order valence-corrected chi connectivity index (χ4v) is 2.52. The molecule has 1 rings (SSSR count). The molecule has 100 valence electrons. The van der Waals surface area contributed by atoms with Gasteiger partial charge in [0, 0.05) is 13.1 Å². The molecule has 0 aromatic carbocycles. The molecule has 0 saturated heterocycles. The summed E-state index contributed by atoms with van der Waals surface area (Å²) < 4.78 is 0. The third-order valence-electron chi connectivity index (χ3n) is 3.41. The van der Waals surface area contributed by atoms with Gasteiger partial charge in [-0.2, -0.15) is 0 Å². The zero-order valence-corrected chi connectivity index (χ0v) is 10.7. The predicted molar refractivity (Wildman–Crippen MR) is 70.1 cm³/mol. The van der Waals surface area contributed by atoms with E-state index >= 15 is 0 Å². The van der Waals surface area contributed by atoms with Crippen molar-refractivity contribution in [3.63, 3.8) is 0 Å². The highest BCUT2D eigenvalue weighted by atomic mass is 16.4. The summed E-state index contributed by atoms with van der Waals surface area (Å²) in [4.78, 5) is 25.2. The molecule has 0 aromatic heterocycles. The molecule has 0 aliphatic heterocycles. The number of nitrogens with zero attached hydrogens (tertiary/aromatic N) is 1. The minimum Gasteiger partial charge on any atom is -0.481 e. The Morgan fingerprint density at radius 1 is 1.11 bits per heavy atom. The highest BCUT2D eigenvalue weighted by Crippen LogP contribution is 2.31. The molecule has 4 nitrogen and oxygen atoms in total. The third kappa shape index (κ3) is 3.45. The normalized spacial score (nSPS) is 23.1. The maximum absolute atomic E-state index is 12.4. The quantitative estimate of drug-likeness (QED) is 0.735. The van der Waals surface area contributed by atoms with Gasteiger partial charge in [-0.25, -0.2) is 0 Å². The summed E-state index contributed by atoms with van der Waals surface area (Å²) in [5.41, 5.74) is 0. The van der Waals surface area contributed by atoms with Crippen LogP contribution in [0.25, 0.3) is 0 Å². The first-order chi connectivity index (χ1) is 8.61. The van der Waals surface area contributed by atoms with E-state index in [-0.39, 0.29) is 5.91 Å². The van der Waals surface area contributed by atoms with Gasteiger partial charge >= 0.3 is 5.97 Å². The Labute approximate surface area is 108 Å². The SMILES string of the molecule is C=CCN(CC=C)C(=O)C1CCCCC1C(=O)O. The zero-order chi connectivity index (χ0) is 13.5. The second-order valence-corrected chi connectivity index (χ2v) is 4.66. The first-order valence-corrected chi connectivity index (χ1v) is 6.35. The molecular weight excluding hydrogens is 230 g/mol. The lowest BCUT2D eigenvalue weighted by Gasteiger charge is -2.31. The standard InChI is InChI=1S/C14H21NO3/c1-3-9-15(10-4-2)13(16)11-7-5-6-8-12(11)14(17)18/h3-4,11-12H,1-2,5-10H2,(H,17,18). The number of carbonyl (C=O) groups excluding carboxylic acids is 1. The summed E-state index contributed by atoms with van der Waals surface area (Å²) in [5, 5.41) is 9.19. The molecule has 0 heterocycles. The molecule has 4 heteroatoms. The highest BCUT2D eigenvalue weighted by Gasteiger charge is 2.37. The number of amides is 1. The minimum atomic E-state index is -0.856. The van der Waals surface area contributed by atoms with E-state index in [9.17, 15) is 14.7 Å². The van der Waals surface area contributed by atoms with Crippen LogP contribution in [0.3, 0.4) is 0 Å². The number of hydrogen-bond acceptors (Lipinski definition) is 2. The highest BCUT2D eigenvalue weighted by molar-refractivity contribution is 5.85. The van der Waals surface area contributed by atoms with Crippen molar-refractivity contribution in [1.82, 2.24) is 4.90 Å². The second-order valence-electron chi connectivity index (χ2n) is 4.66.